The molecule has 2 aliphatic carbocycles. The molecule has 218 valence electrons. The van der Waals surface area contributed by atoms with Gasteiger partial charge in [-0.25, -0.2) is 4.79 Å². The Bertz CT molecular complexity index is 1470. The minimum Gasteiger partial charge on any atom is -0.490 e. The number of H-pyrrole nitrogens is 1. The van der Waals surface area contributed by atoms with Crippen molar-refractivity contribution >= 4 is 46.9 Å². The molecule has 0 spiro atoms. The first-order chi connectivity index (χ1) is 19.7. The molecule has 2 bridgehead atoms. The highest BCUT2D eigenvalue weighted by atomic mass is 32.2. The molecule has 6 rings (SSSR count). The van der Waals surface area contributed by atoms with Crippen LogP contribution in [0, 0.1) is 29.6 Å². The van der Waals surface area contributed by atoms with E-state index in [4.69, 9.17) is 19.3 Å². The van der Waals surface area contributed by atoms with Gasteiger partial charge in [0, 0.05) is 22.6 Å². The third kappa shape index (κ3) is 4.62. The van der Waals surface area contributed by atoms with Crippen molar-refractivity contribution in [2.45, 2.75) is 42.9 Å². The van der Waals surface area contributed by atoms with Crippen molar-refractivity contribution in [3.8, 4) is 11.5 Å². The fourth-order valence-corrected chi connectivity index (χ4v) is 10.2. The van der Waals surface area contributed by atoms with Gasteiger partial charge in [0.2, 0.25) is 11.8 Å². The van der Waals surface area contributed by atoms with Crippen LogP contribution in [0.5, 0.6) is 11.5 Å². The van der Waals surface area contributed by atoms with E-state index < -0.39 is 23.8 Å². The molecule has 1 aromatic carbocycles. The van der Waals surface area contributed by atoms with Crippen LogP contribution in [0.4, 0.5) is 0 Å². The van der Waals surface area contributed by atoms with E-state index in [0.717, 1.165) is 38.1 Å². The van der Waals surface area contributed by atoms with E-state index >= 15 is 0 Å². The number of ether oxygens (including phenoxy) is 3. The van der Waals surface area contributed by atoms with E-state index in [1.807, 2.05) is 19.1 Å². The Morgan fingerprint density at radius 2 is 1.80 bits per heavy atom. The number of benzene rings is 1. The van der Waals surface area contributed by atoms with Gasteiger partial charge >= 0.3 is 16.8 Å². The molecule has 2 aromatic rings. The molecule has 7 atom stereocenters. The van der Waals surface area contributed by atoms with Gasteiger partial charge in [0.1, 0.15) is 0 Å². The molecule has 2 N–H and O–H groups in total. The topological polar surface area (TPSA) is 152 Å². The van der Waals surface area contributed by atoms with Crippen LogP contribution in [0.3, 0.4) is 0 Å². The summed E-state index contributed by atoms with van der Waals surface area (Å²) in [5, 5.41) is 9.93. The molecule has 2 amide bonds. The molecule has 4 aliphatic rings. The molecule has 1 saturated heterocycles. The zero-order valence-corrected chi connectivity index (χ0v) is 24.1. The fourth-order valence-electron chi connectivity index (χ4n) is 7.32. The Morgan fingerprint density at radius 1 is 1.05 bits per heavy atom. The number of aliphatic carboxylic acids is 1. The maximum absolute atomic E-state index is 13.5. The van der Waals surface area contributed by atoms with Gasteiger partial charge in [-0.3, -0.25) is 24.1 Å². The molecule has 3 heterocycles. The highest BCUT2D eigenvalue weighted by molar-refractivity contribution is 8.00. The van der Waals surface area contributed by atoms with E-state index in [1.165, 1.54) is 0 Å². The maximum Gasteiger partial charge on any atom is 0.344 e. The molecule has 3 fully saturated rings. The number of thioether (sulfide) groups is 1. The van der Waals surface area contributed by atoms with Gasteiger partial charge in [-0.15, -0.1) is 11.8 Å². The van der Waals surface area contributed by atoms with Gasteiger partial charge in [0.05, 0.1) is 36.5 Å². The lowest BCUT2D eigenvalue weighted by molar-refractivity contribution is -0.146. The number of thiazole rings is 1. The van der Waals surface area contributed by atoms with Crippen molar-refractivity contribution in [1.29, 1.82) is 0 Å². The summed E-state index contributed by atoms with van der Waals surface area (Å²) in [7, 11) is 0. The van der Waals surface area contributed by atoms with Crippen molar-refractivity contribution in [2.24, 2.45) is 29.6 Å². The number of amides is 2. The number of carboxylic acids is 1. The molecule has 0 radical (unpaired) electrons. The van der Waals surface area contributed by atoms with E-state index in [-0.39, 0.29) is 71.8 Å². The lowest BCUT2D eigenvalue weighted by Gasteiger charge is -2.43. The van der Waals surface area contributed by atoms with Gasteiger partial charge in [0.25, 0.3) is 0 Å². The predicted octanol–water partition coefficient (Wildman–Crippen LogP) is 2.73. The Labute approximate surface area is 243 Å². The monoisotopic (exact) mass is 602 g/mol. The highest BCUT2D eigenvalue weighted by Gasteiger charge is 2.69. The number of likely N-dealkylation sites (tertiary alicyclic amines) is 1. The van der Waals surface area contributed by atoms with Crippen molar-refractivity contribution in [2.75, 3.05) is 26.4 Å². The summed E-state index contributed by atoms with van der Waals surface area (Å²) in [5.41, 5.74) is 0.896. The molecule has 11 nitrogen and oxygen atoms in total. The van der Waals surface area contributed by atoms with Gasteiger partial charge < -0.3 is 24.3 Å². The van der Waals surface area contributed by atoms with E-state index in [0.29, 0.717) is 18.1 Å². The number of aromatic amines is 1. The summed E-state index contributed by atoms with van der Waals surface area (Å²) in [6, 6.07) is 5.53. The number of hydrogen-bond donors (Lipinski definition) is 2. The molecule has 2 saturated carbocycles. The number of nitrogens with one attached hydrogen (secondary N) is 1. The van der Waals surface area contributed by atoms with Gasteiger partial charge in [-0.05, 0) is 55.7 Å². The average Bonchev–Trinajstić information content (AvgIpc) is 3.66. The number of imide groups is 1. The Hall–Kier alpha value is -3.32. The van der Waals surface area contributed by atoms with Crippen molar-refractivity contribution in [3.05, 3.63) is 38.3 Å². The van der Waals surface area contributed by atoms with Gasteiger partial charge in [0.15, 0.2) is 18.1 Å². The first-order valence-corrected chi connectivity index (χ1v) is 15.4. The summed E-state index contributed by atoms with van der Waals surface area (Å²) < 4.78 is 16.6. The Kier molecular flexibility index (Phi) is 7.35. The number of hydrogen-bond acceptors (Lipinski definition) is 10. The van der Waals surface area contributed by atoms with Crippen molar-refractivity contribution < 1.29 is 38.5 Å². The summed E-state index contributed by atoms with van der Waals surface area (Å²) in [6.07, 6.45) is 0.455. The van der Waals surface area contributed by atoms with Crippen LogP contribution in [0.2, 0.25) is 0 Å². The number of carbonyl (C=O) groups excluding carboxylic acids is 3. The van der Waals surface area contributed by atoms with E-state index in [1.54, 1.807) is 24.8 Å². The van der Waals surface area contributed by atoms with Gasteiger partial charge in [-0.1, -0.05) is 17.4 Å². The molecule has 41 heavy (non-hydrogen) atoms. The number of nitrogens with zero attached hydrogens (tertiary/aromatic N) is 1. The molecule has 13 heteroatoms. The maximum atomic E-state index is 13.5. The summed E-state index contributed by atoms with van der Waals surface area (Å²) >= 11 is 2.74. The van der Waals surface area contributed by atoms with Crippen LogP contribution in [-0.4, -0.2) is 70.4 Å². The predicted molar refractivity (Wildman–Crippen MR) is 147 cm³/mol. The van der Waals surface area contributed by atoms with Crippen LogP contribution in [-0.2, 0) is 23.9 Å². The Balaban J connectivity index is 1.36. The minimum atomic E-state index is -1.05. The third-order valence-electron chi connectivity index (χ3n) is 8.64. The summed E-state index contributed by atoms with van der Waals surface area (Å²) in [4.78, 5) is 67.3. The molecule has 6 unspecified atom stereocenters. The standard InChI is InChI=1S/C28H30N2O9S2/c1-3-37-16-9-12(5-6-15(16)39-11-18(33)38-4-2)19-20-13-10-14(23(20)40-25-24(19)41-28(36)29-25)22-21(13)26(34)30(27(22)35)8-7-17(31)32/h5-6,9,13-14,19-23H,3-4,7-8,10-11H2,1-2H3,(H,29,36)(H,31,32)/t13?,14?,19-,20?,21?,22?,23?/m1/s1. The van der Waals surface area contributed by atoms with Crippen LogP contribution in [0.25, 0.3) is 0 Å². The first-order valence-electron chi connectivity index (χ1n) is 13.7. The number of carboxylic acid groups (broad SMARTS) is 1. The summed E-state index contributed by atoms with van der Waals surface area (Å²) in [5.74, 6) is -2.54. The second-order valence-corrected chi connectivity index (χ2v) is 12.9. The second kappa shape index (κ2) is 10.8. The normalized spacial score (nSPS) is 29.2. The van der Waals surface area contributed by atoms with E-state index in [9.17, 15) is 24.0 Å². The zero-order chi connectivity index (χ0) is 29.0. The van der Waals surface area contributed by atoms with Crippen LogP contribution >= 0.6 is 23.1 Å². The van der Waals surface area contributed by atoms with Gasteiger partial charge in [-0.2, -0.15) is 0 Å². The van der Waals surface area contributed by atoms with Crippen molar-refractivity contribution in [1.82, 2.24) is 9.88 Å². The smallest absolute Gasteiger partial charge is 0.344 e. The molecular formula is C28H30N2O9S2. The zero-order valence-electron chi connectivity index (χ0n) is 22.5. The number of aromatic nitrogens is 1. The Morgan fingerprint density at radius 3 is 2.51 bits per heavy atom. The SMILES string of the molecule is CCOC(=O)COc1ccc([C@H]2c3sc(=O)[nH]c3SC3C4CC(C5C(=O)N(CCC(=O)O)C(=O)C45)C32)cc1OCC. The summed E-state index contributed by atoms with van der Waals surface area (Å²) in [6.45, 7) is 3.81. The number of rotatable bonds is 10. The van der Waals surface area contributed by atoms with Crippen LogP contribution in [0.1, 0.15) is 43.0 Å². The fraction of sp³-hybridized carbons (Fsp3) is 0.536. The number of carbonyl (C=O) groups is 4. The van der Waals surface area contributed by atoms with Crippen molar-refractivity contribution in [3.63, 3.8) is 0 Å². The van der Waals surface area contributed by atoms with Crippen LogP contribution < -0.4 is 14.3 Å². The molecular weight excluding hydrogens is 572 g/mol. The molecule has 2 aliphatic heterocycles. The third-order valence-corrected chi connectivity index (χ3v) is 11.2. The molecule has 1 aromatic heterocycles. The lowest BCUT2D eigenvalue weighted by atomic mass is 9.68. The first kappa shape index (κ1) is 27.8. The number of fused-ring (bicyclic) bond motifs is 9. The quantitative estimate of drug-likeness (QED) is 0.307. The minimum absolute atomic E-state index is 0.00968. The lowest BCUT2D eigenvalue weighted by Crippen LogP contribution is -2.42. The largest absolute Gasteiger partial charge is 0.490 e. The average molecular weight is 603 g/mol. The second-order valence-electron chi connectivity index (χ2n) is 10.7. The van der Waals surface area contributed by atoms with Crippen LogP contribution in [0.15, 0.2) is 28.0 Å². The highest BCUT2D eigenvalue weighted by Crippen LogP contribution is 2.68. The van der Waals surface area contributed by atoms with E-state index in [2.05, 4.69) is 4.98 Å². The number of esters is 1.